The maximum atomic E-state index is 9.13. The summed E-state index contributed by atoms with van der Waals surface area (Å²) in [6, 6.07) is 13.1. The predicted octanol–water partition coefficient (Wildman–Crippen LogP) is 4.75. The Bertz CT molecular complexity index is 766. The molecule has 0 saturated heterocycles. The van der Waals surface area contributed by atoms with Crippen LogP contribution in [0.2, 0.25) is 0 Å². The van der Waals surface area contributed by atoms with Gasteiger partial charge in [0, 0.05) is 21.4 Å². The summed E-state index contributed by atoms with van der Waals surface area (Å²) in [6.07, 6.45) is 5.72. The van der Waals surface area contributed by atoms with Crippen LogP contribution in [0.4, 0.5) is 5.69 Å². The van der Waals surface area contributed by atoms with Crippen LogP contribution >= 0.6 is 11.3 Å². The molecule has 0 bridgehead atoms. The fourth-order valence-electron chi connectivity index (χ4n) is 3.57. The average molecular weight is 292 g/mol. The van der Waals surface area contributed by atoms with Crippen molar-refractivity contribution >= 4 is 17.0 Å². The summed E-state index contributed by atoms with van der Waals surface area (Å²) in [5.74, 6) is 0.992. The third-order valence-electron chi connectivity index (χ3n) is 4.56. The van der Waals surface area contributed by atoms with E-state index in [4.69, 9.17) is 5.26 Å². The Morgan fingerprint density at radius 2 is 2.19 bits per heavy atom. The Kier molecular flexibility index (Phi) is 2.87. The second-order valence-corrected chi connectivity index (χ2v) is 7.16. The molecule has 1 aromatic heterocycles. The van der Waals surface area contributed by atoms with Crippen LogP contribution in [0.15, 0.2) is 42.5 Å². The maximum absolute atomic E-state index is 9.13. The number of nitrogens with zero attached hydrogens (tertiary/aromatic N) is 1. The fourth-order valence-corrected chi connectivity index (χ4v) is 4.57. The number of anilines is 1. The van der Waals surface area contributed by atoms with Gasteiger partial charge in [0.1, 0.15) is 0 Å². The first-order valence-electron chi connectivity index (χ1n) is 7.30. The van der Waals surface area contributed by atoms with Crippen LogP contribution in [0.25, 0.3) is 0 Å². The van der Waals surface area contributed by atoms with E-state index in [-0.39, 0.29) is 0 Å². The van der Waals surface area contributed by atoms with E-state index < -0.39 is 0 Å². The molecule has 3 heteroatoms. The molecule has 3 atom stereocenters. The predicted molar refractivity (Wildman–Crippen MR) is 86.6 cm³/mol. The average Bonchev–Trinajstić information content (AvgIpc) is 3.15. The van der Waals surface area contributed by atoms with Crippen molar-refractivity contribution in [3.05, 3.63) is 63.4 Å². The van der Waals surface area contributed by atoms with Crippen molar-refractivity contribution in [2.75, 3.05) is 5.32 Å². The number of thiophene rings is 1. The maximum Gasteiger partial charge on any atom is 0.0991 e. The van der Waals surface area contributed by atoms with Gasteiger partial charge in [0.05, 0.1) is 17.7 Å². The lowest BCUT2D eigenvalue weighted by Gasteiger charge is -2.36. The van der Waals surface area contributed by atoms with E-state index in [9.17, 15) is 0 Å². The number of aryl methyl sites for hydroxylation is 1. The van der Waals surface area contributed by atoms with Crippen LogP contribution in [-0.2, 0) is 0 Å². The minimum atomic E-state index is 0.379. The number of fused-ring (bicyclic) bond motifs is 3. The molecule has 2 aliphatic rings. The Labute approximate surface area is 128 Å². The van der Waals surface area contributed by atoms with Crippen LogP contribution < -0.4 is 5.32 Å². The SMILES string of the molecule is Cc1ccc(C2Nc3ccc(C#N)cc3C3C=CCC32)s1. The summed E-state index contributed by atoms with van der Waals surface area (Å²) >= 11 is 1.88. The molecular formula is C18H16N2S. The van der Waals surface area contributed by atoms with Crippen molar-refractivity contribution < 1.29 is 0 Å². The summed E-state index contributed by atoms with van der Waals surface area (Å²) in [7, 11) is 0. The molecule has 3 unspecified atom stereocenters. The lowest BCUT2D eigenvalue weighted by atomic mass is 9.78. The quantitative estimate of drug-likeness (QED) is 0.770. The van der Waals surface area contributed by atoms with Gasteiger partial charge in [-0.2, -0.15) is 5.26 Å². The number of benzene rings is 1. The van der Waals surface area contributed by atoms with Gasteiger partial charge < -0.3 is 5.32 Å². The lowest BCUT2D eigenvalue weighted by Crippen LogP contribution is -2.28. The molecule has 104 valence electrons. The van der Waals surface area contributed by atoms with Crippen molar-refractivity contribution in [2.24, 2.45) is 5.92 Å². The molecule has 0 fully saturated rings. The second kappa shape index (κ2) is 4.75. The van der Waals surface area contributed by atoms with Crippen molar-refractivity contribution in [1.82, 2.24) is 0 Å². The third kappa shape index (κ3) is 1.99. The first kappa shape index (κ1) is 12.7. The lowest BCUT2D eigenvalue weighted by molar-refractivity contribution is 0.430. The van der Waals surface area contributed by atoms with Crippen LogP contribution in [0.5, 0.6) is 0 Å². The van der Waals surface area contributed by atoms with Gasteiger partial charge in [0.25, 0.3) is 0 Å². The molecule has 4 rings (SSSR count). The highest BCUT2D eigenvalue weighted by molar-refractivity contribution is 7.12. The van der Waals surface area contributed by atoms with Crippen LogP contribution in [0.1, 0.15) is 39.3 Å². The minimum absolute atomic E-state index is 0.379. The summed E-state index contributed by atoms with van der Waals surface area (Å²) in [6.45, 7) is 2.16. The molecule has 2 nitrogen and oxygen atoms in total. The van der Waals surface area contributed by atoms with E-state index in [0.29, 0.717) is 17.9 Å². The zero-order valence-electron chi connectivity index (χ0n) is 11.8. The van der Waals surface area contributed by atoms with Crippen molar-refractivity contribution in [3.8, 4) is 6.07 Å². The minimum Gasteiger partial charge on any atom is -0.377 e. The number of allylic oxidation sites excluding steroid dienone is 2. The van der Waals surface area contributed by atoms with E-state index in [1.54, 1.807) is 0 Å². The molecule has 2 heterocycles. The number of hydrogen-bond donors (Lipinski definition) is 1. The van der Waals surface area contributed by atoms with Gasteiger partial charge in [-0.15, -0.1) is 11.3 Å². The molecule has 0 radical (unpaired) electrons. The van der Waals surface area contributed by atoms with E-state index in [1.807, 2.05) is 23.5 Å². The highest BCUT2D eigenvalue weighted by atomic mass is 32.1. The highest BCUT2D eigenvalue weighted by Gasteiger charge is 2.38. The highest BCUT2D eigenvalue weighted by Crippen LogP contribution is 2.50. The Morgan fingerprint density at radius 1 is 1.29 bits per heavy atom. The standard InChI is InChI=1S/C18H16N2S/c1-11-5-8-17(21-11)18-14-4-2-3-13(14)15-9-12(10-19)6-7-16(15)20-18/h2-3,5-9,13-14,18,20H,4H2,1H3. The van der Waals surface area contributed by atoms with Crippen LogP contribution in [-0.4, -0.2) is 0 Å². The Morgan fingerprint density at radius 3 is 2.95 bits per heavy atom. The summed E-state index contributed by atoms with van der Waals surface area (Å²) in [4.78, 5) is 2.78. The zero-order valence-corrected chi connectivity index (χ0v) is 12.7. The van der Waals surface area contributed by atoms with Crippen LogP contribution in [0.3, 0.4) is 0 Å². The molecule has 0 saturated carbocycles. The van der Waals surface area contributed by atoms with Gasteiger partial charge in [-0.1, -0.05) is 12.2 Å². The van der Waals surface area contributed by atoms with E-state index in [1.165, 1.54) is 21.0 Å². The molecule has 0 amide bonds. The largest absolute Gasteiger partial charge is 0.377 e. The van der Waals surface area contributed by atoms with Gasteiger partial charge >= 0.3 is 0 Å². The third-order valence-corrected chi connectivity index (χ3v) is 5.64. The first-order valence-corrected chi connectivity index (χ1v) is 8.11. The van der Waals surface area contributed by atoms with E-state index >= 15 is 0 Å². The first-order chi connectivity index (χ1) is 10.3. The smallest absolute Gasteiger partial charge is 0.0991 e. The molecule has 21 heavy (non-hydrogen) atoms. The normalized spacial score (nSPS) is 25.8. The molecule has 0 spiro atoms. The Hall–Kier alpha value is -2.05. The summed E-state index contributed by atoms with van der Waals surface area (Å²) in [5.41, 5.74) is 3.20. The molecular weight excluding hydrogens is 276 g/mol. The van der Waals surface area contributed by atoms with Crippen LogP contribution in [0, 0.1) is 24.2 Å². The van der Waals surface area contributed by atoms with E-state index in [0.717, 1.165) is 12.0 Å². The number of hydrogen-bond acceptors (Lipinski definition) is 3. The Balaban J connectivity index is 1.80. The van der Waals surface area contributed by atoms with Crippen molar-refractivity contribution in [2.45, 2.75) is 25.3 Å². The molecule has 1 aliphatic heterocycles. The number of nitrogens with one attached hydrogen (secondary N) is 1. The molecule has 1 aliphatic carbocycles. The van der Waals surface area contributed by atoms with Crippen molar-refractivity contribution in [1.29, 1.82) is 5.26 Å². The monoisotopic (exact) mass is 292 g/mol. The number of rotatable bonds is 1. The zero-order chi connectivity index (χ0) is 14.4. The summed E-state index contributed by atoms with van der Waals surface area (Å²) in [5, 5.41) is 12.8. The number of nitriles is 1. The van der Waals surface area contributed by atoms with Crippen molar-refractivity contribution in [3.63, 3.8) is 0 Å². The molecule has 1 aromatic carbocycles. The van der Waals surface area contributed by atoms with Gasteiger partial charge in [0.2, 0.25) is 0 Å². The second-order valence-electron chi connectivity index (χ2n) is 5.84. The van der Waals surface area contributed by atoms with Gasteiger partial charge in [-0.05, 0) is 55.2 Å². The van der Waals surface area contributed by atoms with E-state index in [2.05, 4.69) is 48.7 Å². The van der Waals surface area contributed by atoms with Gasteiger partial charge in [0.15, 0.2) is 0 Å². The fraction of sp³-hybridized carbons (Fsp3) is 0.278. The van der Waals surface area contributed by atoms with Gasteiger partial charge in [-0.25, -0.2) is 0 Å². The van der Waals surface area contributed by atoms with Gasteiger partial charge in [-0.3, -0.25) is 0 Å². The molecule has 1 N–H and O–H groups in total. The topological polar surface area (TPSA) is 35.8 Å². The summed E-state index contributed by atoms with van der Waals surface area (Å²) < 4.78 is 0. The molecule has 2 aromatic rings.